The van der Waals surface area contributed by atoms with Crippen LogP contribution in [0.15, 0.2) is 188 Å². The molecule has 0 N–H and O–H groups in total. The van der Waals surface area contributed by atoms with Gasteiger partial charge in [-0.15, -0.1) is 0 Å². The number of aromatic nitrogens is 3. The first-order valence-electron chi connectivity index (χ1n) is 19.9. The van der Waals surface area contributed by atoms with Crippen molar-refractivity contribution in [2.24, 2.45) is 11.8 Å². The fourth-order valence-corrected chi connectivity index (χ4v) is 9.21. The second-order valence-corrected chi connectivity index (χ2v) is 15.4. The van der Waals surface area contributed by atoms with Gasteiger partial charge >= 0.3 is 0 Å². The number of hydrogen-bond donors (Lipinski definition) is 0. The summed E-state index contributed by atoms with van der Waals surface area (Å²) in [5.41, 5.74) is 17.9. The molecule has 1 saturated carbocycles. The van der Waals surface area contributed by atoms with E-state index in [9.17, 15) is 0 Å². The fourth-order valence-electron chi connectivity index (χ4n) is 9.21. The average molecular weight is 718 g/mol. The molecular formula is C53H39N3. The number of allylic oxidation sites excluding steroid dienone is 4. The minimum atomic E-state index is 0.424. The zero-order valence-corrected chi connectivity index (χ0v) is 31.0. The lowest BCUT2D eigenvalue weighted by Crippen LogP contribution is -2.08. The van der Waals surface area contributed by atoms with Crippen LogP contribution in [0.5, 0.6) is 0 Å². The van der Waals surface area contributed by atoms with Crippen molar-refractivity contribution >= 4 is 16.5 Å². The van der Waals surface area contributed by atoms with Crippen LogP contribution in [0.25, 0.3) is 72.8 Å². The predicted molar refractivity (Wildman–Crippen MR) is 230 cm³/mol. The summed E-state index contributed by atoms with van der Waals surface area (Å²) >= 11 is 0. The molecule has 3 atom stereocenters. The minimum Gasteiger partial charge on any atom is -0.247 e. The molecule has 0 bridgehead atoms. The van der Waals surface area contributed by atoms with Crippen molar-refractivity contribution < 1.29 is 0 Å². The predicted octanol–water partition coefficient (Wildman–Crippen LogP) is 13.0. The van der Waals surface area contributed by atoms with Crippen molar-refractivity contribution in [2.45, 2.75) is 25.2 Å². The molecule has 11 rings (SSSR count). The van der Waals surface area contributed by atoms with E-state index < -0.39 is 0 Å². The Morgan fingerprint density at radius 2 is 1.07 bits per heavy atom. The summed E-state index contributed by atoms with van der Waals surface area (Å²) in [6.45, 7) is 0. The molecule has 0 spiro atoms. The average Bonchev–Trinajstić information content (AvgIpc) is 4.10. The van der Waals surface area contributed by atoms with Crippen molar-refractivity contribution in [3.63, 3.8) is 0 Å². The van der Waals surface area contributed by atoms with Gasteiger partial charge in [-0.2, -0.15) is 0 Å². The van der Waals surface area contributed by atoms with Gasteiger partial charge in [-0.3, -0.25) is 0 Å². The molecule has 266 valence electrons. The summed E-state index contributed by atoms with van der Waals surface area (Å²) in [5.74, 6) is 2.46. The molecule has 3 unspecified atom stereocenters. The van der Waals surface area contributed by atoms with Crippen LogP contribution < -0.4 is 0 Å². The summed E-state index contributed by atoms with van der Waals surface area (Å²) in [6, 6.07) is 60.4. The molecule has 3 aliphatic carbocycles. The number of rotatable bonds is 6. The zero-order valence-electron chi connectivity index (χ0n) is 31.0. The van der Waals surface area contributed by atoms with Gasteiger partial charge in [-0.25, -0.2) is 15.0 Å². The van der Waals surface area contributed by atoms with E-state index >= 15 is 0 Å². The Bertz CT molecular complexity index is 2750. The number of nitrogens with zero attached hydrogens (tertiary/aromatic N) is 3. The Morgan fingerprint density at radius 3 is 1.77 bits per heavy atom. The maximum absolute atomic E-state index is 5.45. The largest absolute Gasteiger partial charge is 0.247 e. The molecule has 0 amide bonds. The van der Waals surface area contributed by atoms with Gasteiger partial charge in [0.1, 0.15) is 0 Å². The second kappa shape index (κ2) is 13.5. The molecule has 3 heteroatoms. The van der Waals surface area contributed by atoms with Crippen LogP contribution in [0.1, 0.15) is 35.4 Å². The van der Waals surface area contributed by atoms with Crippen LogP contribution in [0.2, 0.25) is 0 Å². The van der Waals surface area contributed by atoms with Gasteiger partial charge in [-0.05, 0) is 71.1 Å². The number of aryl methyl sites for hydroxylation is 1. The summed E-state index contributed by atoms with van der Waals surface area (Å²) in [6.07, 6.45) is 8.32. The molecule has 0 radical (unpaired) electrons. The van der Waals surface area contributed by atoms with Gasteiger partial charge in [0.25, 0.3) is 0 Å². The molecule has 1 fully saturated rings. The Hall–Kier alpha value is -6.71. The third kappa shape index (κ3) is 5.79. The molecule has 6 aromatic carbocycles. The van der Waals surface area contributed by atoms with E-state index in [1.807, 2.05) is 24.3 Å². The summed E-state index contributed by atoms with van der Waals surface area (Å²) in [7, 11) is 0. The first-order valence-corrected chi connectivity index (χ1v) is 19.9. The van der Waals surface area contributed by atoms with Crippen molar-refractivity contribution in [3.8, 4) is 56.3 Å². The molecule has 0 saturated heterocycles. The van der Waals surface area contributed by atoms with Gasteiger partial charge in [0, 0.05) is 39.1 Å². The van der Waals surface area contributed by atoms with Gasteiger partial charge in [0.2, 0.25) is 0 Å². The maximum Gasteiger partial charge on any atom is 0.160 e. The highest BCUT2D eigenvalue weighted by Crippen LogP contribution is 2.58. The van der Waals surface area contributed by atoms with Crippen LogP contribution in [-0.2, 0) is 6.42 Å². The quantitative estimate of drug-likeness (QED) is 0.172. The minimum absolute atomic E-state index is 0.424. The van der Waals surface area contributed by atoms with E-state index in [0.717, 1.165) is 69.1 Å². The third-order valence-electron chi connectivity index (χ3n) is 12.1. The number of hydrogen-bond acceptors (Lipinski definition) is 3. The molecule has 0 aliphatic heterocycles. The van der Waals surface area contributed by atoms with Crippen molar-refractivity contribution in [1.82, 2.24) is 15.0 Å². The summed E-state index contributed by atoms with van der Waals surface area (Å²) in [4.78, 5) is 15.5. The fraction of sp³-hybridized carbons (Fsp3) is 0.113. The summed E-state index contributed by atoms with van der Waals surface area (Å²) < 4.78 is 0. The van der Waals surface area contributed by atoms with E-state index in [0.29, 0.717) is 17.8 Å². The zero-order chi connectivity index (χ0) is 37.0. The van der Waals surface area contributed by atoms with Crippen molar-refractivity contribution in [1.29, 1.82) is 0 Å². The standard InChI is InChI=1S/C53H39N3/c1-4-12-36(13-5-1)42-30-31-44-43-18-10-11-19-47(43)54-52(51(44)45-29-28-41-32-46(41)50(42)45)39-26-22-35(23-27-39)34-20-24-38(25-21-34)49-33-48(37-14-6-2-7-15-37)55-53(56-49)40-16-8-3-9-17-40/h1-29,33,41-42,46H,30-32H2. The SMILES string of the molecule is C1=CC2CC2C2=C1c1c(-c3ccc(-c4ccc(-c5cc(-c6ccccc6)nc(-c6ccccc6)n5)cc4)cc3)nc3ccccc3c1CCC2c1ccccc1. The lowest BCUT2D eigenvalue weighted by atomic mass is 9.80. The monoisotopic (exact) mass is 717 g/mol. The highest BCUT2D eigenvalue weighted by Gasteiger charge is 2.45. The topological polar surface area (TPSA) is 38.7 Å². The van der Waals surface area contributed by atoms with Crippen molar-refractivity contribution in [2.75, 3.05) is 0 Å². The normalized spacial score (nSPS) is 18.2. The van der Waals surface area contributed by atoms with E-state index in [4.69, 9.17) is 15.0 Å². The summed E-state index contributed by atoms with van der Waals surface area (Å²) in [5, 5.41) is 1.28. The molecular weight excluding hydrogens is 679 g/mol. The lowest BCUT2D eigenvalue weighted by molar-refractivity contribution is 0.666. The second-order valence-electron chi connectivity index (χ2n) is 15.4. The van der Waals surface area contributed by atoms with E-state index in [-0.39, 0.29) is 0 Å². The maximum atomic E-state index is 5.45. The highest BCUT2D eigenvalue weighted by molar-refractivity contribution is 5.98. The smallest absolute Gasteiger partial charge is 0.160 e. The third-order valence-corrected chi connectivity index (χ3v) is 12.1. The van der Waals surface area contributed by atoms with E-state index in [2.05, 4.69) is 158 Å². The lowest BCUT2D eigenvalue weighted by Gasteiger charge is -2.24. The van der Waals surface area contributed by atoms with Gasteiger partial charge in [-0.1, -0.05) is 175 Å². The number of para-hydroxylation sites is 1. The van der Waals surface area contributed by atoms with Crippen LogP contribution in [0.3, 0.4) is 0 Å². The Morgan fingerprint density at radius 1 is 0.500 bits per heavy atom. The first kappa shape index (κ1) is 32.7. The Labute approximate surface area is 327 Å². The highest BCUT2D eigenvalue weighted by atomic mass is 14.9. The van der Waals surface area contributed by atoms with Gasteiger partial charge in [0.15, 0.2) is 5.82 Å². The van der Waals surface area contributed by atoms with Crippen LogP contribution in [0.4, 0.5) is 0 Å². The van der Waals surface area contributed by atoms with Crippen LogP contribution in [-0.4, -0.2) is 15.0 Å². The Kier molecular flexibility index (Phi) is 7.91. The molecule has 2 aromatic heterocycles. The van der Waals surface area contributed by atoms with E-state index in [1.165, 1.54) is 39.6 Å². The van der Waals surface area contributed by atoms with Crippen molar-refractivity contribution in [3.05, 3.63) is 204 Å². The number of benzene rings is 6. The molecule has 3 aliphatic rings. The molecule has 2 heterocycles. The first-order chi connectivity index (χ1) is 27.7. The van der Waals surface area contributed by atoms with Gasteiger partial charge < -0.3 is 0 Å². The molecule has 8 aromatic rings. The van der Waals surface area contributed by atoms with Crippen LogP contribution in [0, 0.1) is 11.8 Å². The van der Waals surface area contributed by atoms with E-state index in [1.54, 1.807) is 5.57 Å². The number of fused-ring (bicyclic) bond motifs is 6. The molecule has 56 heavy (non-hydrogen) atoms. The van der Waals surface area contributed by atoms with Gasteiger partial charge in [0.05, 0.1) is 22.6 Å². The molecule has 3 nitrogen and oxygen atoms in total. The Balaban J connectivity index is 0.971. The number of pyridine rings is 1. The van der Waals surface area contributed by atoms with Crippen LogP contribution >= 0.6 is 0 Å².